The molecule has 0 N–H and O–H groups in total. The van der Waals surface area contributed by atoms with Crippen LogP contribution in [0.25, 0.3) is 55.8 Å². The predicted octanol–water partition coefficient (Wildman–Crippen LogP) is 16.2. The molecule has 0 atom stereocenters. The standard InChI is InChI=1S/C63H48N2/c1-43-18-12-15-27-55(43)62-44(2)56-38-37-54(42-59(56)63(62,49-21-6-3-7-22-49)50-23-8-4-9-24-50)64(53-36-32-45-19-13-14-20-47(45)40-53)52-34-30-46(31-35-52)48-33-39-61-58(41-48)57-28-16-17-29-60(57)65(61)51-25-10-5-11-26-51/h3-31,33-35,37-42H,32,36H2,1-2H3. The highest BCUT2D eigenvalue weighted by molar-refractivity contribution is 6.10. The Morgan fingerprint density at radius 2 is 1.08 bits per heavy atom. The van der Waals surface area contributed by atoms with Crippen LogP contribution < -0.4 is 4.90 Å². The first-order chi connectivity index (χ1) is 32.1. The highest BCUT2D eigenvalue weighted by Gasteiger charge is 2.48. The number of fused-ring (bicyclic) bond motifs is 5. The predicted molar refractivity (Wildman–Crippen MR) is 274 cm³/mol. The Labute approximate surface area is 381 Å². The minimum Gasteiger partial charge on any atom is -0.314 e. The van der Waals surface area contributed by atoms with Crippen LogP contribution in [-0.4, -0.2) is 4.57 Å². The number of nitrogens with zero attached hydrogens (tertiary/aromatic N) is 2. The minimum absolute atomic E-state index is 0.546. The first-order valence-corrected chi connectivity index (χ1v) is 22.9. The summed E-state index contributed by atoms with van der Waals surface area (Å²) in [6.07, 6.45) is 4.35. The molecule has 0 bridgehead atoms. The summed E-state index contributed by atoms with van der Waals surface area (Å²) in [7, 11) is 0. The molecule has 2 nitrogen and oxygen atoms in total. The van der Waals surface area contributed by atoms with E-state index in [-0.39, 0.29) is 0 Å². The monoisotopic (exact) mass is 832 g/mol. The molecule has 0 unspecified atom stereocenters. The molecule has 0 aliphatic heterocycles. The molecule has 65 heavy (non-hydrogen) atoms. The van der Waals surface area contributed by atoms with Crippen molar-refractivity contribution < 1.29 is 0 Å². The number of rotatable bonds is 8. The van der Waals surface area contributed by atoms with Crippen LogP contribution in [0.2, 0.25) is 0 Å². The Balaban J connectivity index is 1.03. The van der Waals surface area contributed by atoms with Gasteiger partial charge in [0.05, 0.1) is 16.4 Å². The molecule has 2 aliphatic rings. The molecular formula is C63H48N2. The third-order valence-corrected chi connectivity index (χ3v) is 14.1. The van der Waals surface area contributed by atoms with E-state index in [9.17, 15) is 0 Å². The fourth-order valence-electron chi connectivity index (χ4n) is 11.1. The molecule has 1 aromatic heterocycles. The van der Waals surface area contributed by atoms with E-state index in [1.54, 1.807) is 0 Å². The van der Waals surface area contributed by atoms with E-state index in [1.807, 2.05) is 0 Å². The Bertz CT molecular complexity index is 3440. The summed E-state index contributed by atoms with van der Waals surface area (Å²) in [5.41, 5.74) is 22.1. The normalized spacial score (nSPS) is 14.0. The zero-order valence-electron chi connectivity index (χ0n) is 36.7. The summed E-state index contributed by atoms with van der Waals surface area (Å²) >= 11 is 0. The van der Waals surface area contributed by atoms with Gasteiger partial charge in [0.15, 0.2) is 0 Å². The maximum absolute atomic E-state index is 2.53. The highest BCUT2D eigenvalue weighted by atomic mass is 15.1. The molecule has 10 aromatic rings. The van der Waals surface area contributed by atoms with Gasteiger partial charge in [0.2, 0.25) is 0 Å². The van der Waals surface area contributed by atoms with Crippen molar-refractivity contribution in [2.24, 2.45) is 0 Å². The fraction of sp³-hybridized carbons (Fsp3) is 0.0794. The maximum atomic E-state index is 2.53. The van der Waals surface area contributed by atoms with Crippen molar-refractivity contribution in [3.63, 3.8) is 0 Å². The van der Waals surface area contributed by atoms with E-state index in [4.69, 9.17) is 0 Å². The summed E-state index contributed by atoms with van der Waals surface area (Å²) in [6, 6.07) is 83.1. The molecule has 2 aliphatic carbocycles. The van der Waals surface area contributed by atoms with Crippen molar-refractivity contribution in [1.29, 1.82) is 0 Å². The summed E-state index contributed by atoms with van der Waals surface area (Å²) in [4.78, 5) is 2.53. The Morgan fingerprint density at radius 3 is 1.83 bits per heavy atom. The van der Waals surface area contributed by atoms with Gasteiger partial charge in [-0.15, -0.1) is 0 Å². The molecule has 0 spiro atoms. The summed E-state index contributed by atoms with van der Waals surface area (Å²) in [5, 5.41) is 2.51. The molecule has 310 valence electrons. The van der Waals surface area contributed by atoms with Gasteiger partial charge in [-0.05, 0) is 154 Å². The third kappa shape index (κ3) is 6.24. The average Bonchev–Trinajstić information content (AvgIpc) is 3.84. The second-order valence-corrected chi connectivity index (χ2v) is 17.7. The third-order valence-electron chi connectivity index (χ3n) is 14.1. The first kappa shape index (κ1) is 38.7. The number of aryl methyl sites for hydroxylation is 2. The topological polar surface area (TPSA) is 8.17 Å². The van der Waals surface area contributed by atoms with E-state index in [2.05, 4.69) is 254 Å². The maximum Gasteiger partial charge on any atom is 0.0716 e. The van der Waals surface area contributed by atoms with Crippen molar-refractivity contribution >= 4 is 50.4 Å². The van der Waals surface area contributed by atoms with Gasteiger partial charge in [0.25, 0.3) is 0 Å². The molecule has 2 heteroatoms. The van der Waals surface area contributed by atoms with Gasteiger partial charge in [-0.2, -0.15) is 0 Å². The molecule has 9 aromatic carbocycles. The lowest BCUT2D eigenvalue weighted by Gasteiger charge is -2.37. The fourth-order valence-corrected chi connectivity index (χ4v) is 11.1. The Hall–Kier alpha value is -7.94. The first-order valence-electron chi connectivity index (χ1n) is 22.9. The van der Waals surface area contributed by atoms with Crippen LogP contribution in [0.5, 0.6) is 0 Å². The van der Waals surface area contributed by atoms with Crippen molar-refractivity contribution in [2.45, 2.75) is 32.1 Å². The van der Waals surface area contributed by atoms with Gasteiger partial charge in [-0.25, -0.2) is 0 Å². The second-order valence-electron chi connectivity index (χ2n) is 17.7. The van der Waals surface area contributed by atoms with Crippen LogP contribution >= 0.6 is 0 Å². The van der Waals surface area contributed by atoms with Gasteiger partial charge in [0.1, 0.15) is 0 Å². The Morgan fingerprint density at radius 1 is 0.462 bits per heavy atom. The van der Waals surface area contributed by atoms with Crippen LogP contribution in [0.15, 0.2) is 230 Å². The van der Waals surface area contributed by atoms with Crippen LogP contribution in [0, 0.1) is 6.92 Å². The molecule has 0 saturated heterocycles. The molecule has 0 amide bonds. The van der Waals surface area contributed by atoms with Crippen molar-refractivity contribution in [2.75, 3.05) is 4.90 Å². The van der Waals surface area contributed by atoms with Crippen LogP contribution in [-0.2, 0) is 11.8 Å². The number of anilines is 2. The van der Waals surface area contributed by atoms with E-state index >= 15 is 0 Å². The van der Waals surface area contributed by atoms with E-state index < -0.39 is 5.41 Å². The summed E-state index contributed by atoms with van der Waals surface area (Å²) < 4.78 is 2.38. The number of para-hydroxylation sites is 2. The number of hydrogen-bond acceptors (Lipinski definition) is 1. The molecular weight excluding hydrogens is 785 g/mol. The average molecular weight is 833 g/mol. The van der Waals surface area contributed by atoms with Gasteiger partial charge in [-0.1, -0.05) is 170 Å². The molecule has 0 fully saturated rings. The lowest BCUT2D eigenvalue weighted by atomic mass is 9.65. The largest absolute Gasteiger partial charge is 0.314 e. The molecule has 0 saturated carbocycles. The van der Waals surface area contributed by atoms with E-state index in [0.29, 0.717) is 0 Å². The molecule has 1 heterocycles. The van der Waals surface area contributed by atoms with E-state index in [1.165, 1.54) is 100.0 Å². The van der Waals surface area contributed by atoms with Crippen molar-refractivity contribution in [1.82, 2.24) is 4.57 Å². The summed E-state index contributed by atoms with van der Waals surface area (Å²) in [6.45, 7) is 4.59. The number of allylic oxidation sites excluding steroid dienone is 3. The zero-order chi connectivity index (χ0) is 43.5. The van der Waals surface area contributed by atoms with Gasteiger partial charge >= 0.3 is 0 Å². The van der Waals surface area contributed by atoms with Gasteiger partial charge < -0.3 is 9.47 Å². The van der Waals surface area contributed by atoms with Gasteiger partial charge in [0, 0.05) is 33.5 Å². The smallest absolute Gasteiger partial charge is 0.0716 e. The zero-order valence-corrected chi connectivity index (χ0v) is 36.7. The highest BCUT2D eigenvalue weighted by Crippen LogP contribution is 2.59. The number of aromatic nitrogens is 1. The van der Waals surface area contributed by atoms with Crippen LogP contribution in [0.3, 0.4) is 0 Å². The van der Waals surface area contributed by atoms with Crippen molar-refractivity contribution in [3.05, 3.63) is 275 Å². The van der Waals surface area contributed by atoms with Crippen LogP contribution in [0.1, 0.15) is 57.9 Å². The van der Waals surface area contributed by atoms with Crippen molar-refractivity contribution in [3.8, 4) is 16.8 Å². The SMILES string of the molecule is CC1=C(c2ccccc2C)C(c2ccccc2)(c2ccccc2)c2cc(N(C3=Cc4ccccc4CC3)c3ccc(-c4ccc5c(c4)c4ccccc4n5-c4ccccc4)cc3)ccc21. The van der Waals surface area contributed by atoms with Crippen LogP contribution in [0.4, 0.5) is 11.4 Å². The quantitative estimate of drug-likeness (QED) is 0.148. The summed E-state index contributed by atoms with van der Waals surface area (Å²) in [5.74, 6) is 0. The minimum atomic E-state index is -0.546. The van der Waals surface area contributed by atoms with E-state index in [0.717, 1.165) is 24.2 Å². The van der Waals surface area contributed by atoms with Gasteiger partial charge in [-0.3, -0.25) is 0 Å². The lowest BCUT2D eigenvalue weighted by molar-refractivity contribution is 0.812. The number of hydrogen-bond donors (Lipinski definition) is 0. The number of benzene rings is 9. The second kappa shape index (κ2) is 15.7. The Kier molecular flexibility index (Phi) is 9.35. The lowest BCUT2D eigenvalue weighted by Crippen LogP contribution is -2.30. The molecule has 12 rings (SSSR count). The molecule has 0 radical (unpaired) electrons.